The van der Waals surface area contributed by atoms with E-state index in [0.29, 0.717) is 0 Å². The van der Waals surface area contributed by atoms with Gasteiger partial charge in [0.25, 0.3) is 0 Å². The zero-order valence-electron chi connectivity index (χ0n) is 17.7. The van der Waals surface area contributed by atoms with Crippen LogP contribution in [0.1, 0.15) is 22.9 Å². The minimum Gasteiger partial charge on any atom is -0.359 e. The lowest BCUT2D eigenvalue weighted by atomic mass is 9.90. The first-order valence-electron chi connectivity index (χ1n) is 11.0. The van der Waals surface area contributed by atoms with Gasteiger partial charge in [-0.15, -0.1) is 0 Å². The molecule has 0 radical (unpaired) electrons. The van der Waals surface area contributed by atoms with Crippen LogP contribution in [0.5, 0.6) is 0 Å². The number of hydrogen-bond donors (Lipinski definition) is 1. The molecule has 3 nitrogen and oxygen atoms in total. The number of rotatable bonds is 1. The Kier molecular flexibility index (Phi) is 3.54. The van der Waals surface area contributed by atoms with Gasteiger partial charge in [-0.25, -0.2) is 4.99 Å². The molecule has 1 unspecified atom stereocenters. The number of hydrogen-bond acceptors (Lipinski definition) is 3. The first kappa shape index (κ1) is 17.6. The van der Waals surface area contributed by atoms with E-state index < -0.39 is 0 Å². The van der Waals surface area contributed by atoms with Crippen LogP contribution >= 0.6 is 0 Å². The summed E-state index contributed by atoms with van der Waals surface area (Å²) in [4.78, 5) is 7.67. The highest BCUT2D eigenvalue weighted by molar-refractivity contribution is 6.28. The molecule has 7 rings (SSSR count). The van der Waals surface area contributed by atoms with E-state index in [0.717, 1.165) is 17.2 Å². The topological polar surface area (TPSA) is 27.6 Å². The largest absolute Gasteiger partial charge is 0.359 e. The van der Waals surface area contributed by atoms with Crippen molar-refractivity contribution in [2.75, 3.05) is 10.2 Å². The van der Waals surface area contributed by atoms with Crippen LogP contribution in [0.4, 0.5) is 17.1 Å². The van der Waals surface area contributed by atoms with Crippen LogP contribution in [0.15, 0.2) is 102 Å². The van der Waals surface area contributed by atoms with Crippen LogP contribution < -0.4 is 10.2 Å². The molecule has 2 aliphatic rings. The number of aryl methyl sites for hydroxylation is 1. The molecule has 1 atom stereocenters. The van der Waals surface area contributed by atoms with Gasteiger partial charge in [-0.1, -0.05) is 78.9 Å². The van der Waals surface area contributed by atoms with Crippen molar-refractivity contribution < 1.29 is 0 Å². The summed E-state index contributed by atoms with van der Waals surface area (Å²) in [7, 11) is 0. The monoisotopic (exact) mass is 411 g/mol. The molecule has 0 spiro atoms. The Balaban J connectivity index is 1.63. The van der Waals surface area contributed by atoms with Gasteiger partial charge < -0.3 is 5.32 Å². The molecule has 0 saturated carbocycles. The number of anilines is 2. The summed E-state index contributed by atoms with van der Waals surface area (Å²) in [6.45, 7) is 2.22. The SMILES string of the molecule is Cc1c2ccccc2c(C2=Nc3ccccc3C3Nc4ccccc4N23)c2ccccc12. The first-order chi connectivity index (χ1) is 15.8. The van der Waals surface area contributed by atoms with E-state index in [2.05, 4.69) is 114 Å². The summed E-state index contributed by atoms with van der Waals surface area (Å²) < 4.78 is 0. The van der Waals surface area contributed by atoms with Crippen molar-refractivity contribution in [1.82, 2.24) is 0 Å². The van der Waals surface area contributed by atoms with Crippen LogP contribution in [-0.4, -0.2) is 5.84 Å². The summed E-state index contributed by atoms with van der Waals surface area (Å²) >= 11 is 0. The molecule has 0 aromatic heterocycles. The maximum absolute atomic E-state index is 5.29. The number of nitrogens with one attached hydrogen (secondary N) is 1. The minimum atomic E-state index is 0.0231. The molecular weight excluding hydrogens is 390 g/mol. The molecule has 5 aromatic carbocycles. The lowest BCUT2D eigenvalue weighted by Crippen LogP contribution is -2.37. The average Bonchev–Trinajstić information content (AvgIpc) is 3.24. The van der Waals surface area contributed by atoms with Gasteiger partial charge in [-0.05, 0) is 52.2 Å². The first-order valence-corrected chi connectivity index (χ1v) is 11.0. The van der Waals surface area contributed by atoms with Crippen LogP contribution in [0.25, 0.3) is 21.5 Å². The Morgan fingerprint density at radius 1 is 0.688 bits per heavy atom. The van der Waals surface area contributed by atoms with Crippen molar-refractivity contribution >= 4 is 44.4 Å². The minimum absolute atomic E-state index is 0.0231. The number of aliphatic imine (C=N–C) groups is 1. The molecule has 0 saturated heterocycles. The van der Waals surface area contributed by atoms with E-state index in [4.69, 9.17) is 4.99 Å². The normalized spacial score (nSPS) is 16.3. The number of para-hydroxylation sites is 3. The summed E-state index contributed by atoms with van der Waals surface area (Å²) in [6.07, 6.45) is 0.0231. The molecule has 2 heterocycles. The van der Waals surface area contributed by atoms with Crippen molar-refractivity contribution in [3.05, 3.63) is 114 Å². The Morgan fingerprint density at radius 2 is 1.28 bits per heavy atom. The van der Waals surface area contributed by atoms with Gasteiger partial charge in [-0.2, -0.15) is 0 Å². The standard InChI is InChI=1S/C29H21N3/c1-18-19-10-2-4-12-21(19)27(22-13-5-3-11-20(18)22)29-30-24-15-7-6-14-23(24)28-31-25-16-8-9-17-26(25)32(28)29/h2-17,28,31H,1H3. The van der Waals surface area contributed by atoms with E-state index in [1.807, 2.05) is 0 Å². The van der Waals surface area contributed by atoms with Gasteiger partial charge >= 0.3 is 0 Å². The second-order valence-corrected chi connectivity index (χ2v) is 8.52. The molecule has 2 aliphatic heterocycles. The Morgan fingerprint density at radius 3 is 2.03 bits per heavy atom. The fourth-order valence-corrected chi connectivity index (χ4v) is 5.36. The molecule has 0 aliphatic carbocycles. The summed E-state index contributed by atoms with van der Waals surface area (Å²) in [5.74, 6) is 0.999. The van der Waals surface area contributed by atoms with Crippen LogP contribution in [0.2, 0.25) is 0 Å². The lowest BCUT2D eigenvalue weighted by molar-refractivity contribution is 0.833. The van der Waals surface area contributed by atoms with Gasteiger partial charge in [0, 0.05) is 11.1 Å². The van der Waals surface area contributed by atoms with Gasteiger partial charge in [0.05, 0.1) is 17.1 Å². The van der Waals surface area contributed by atoms with E-state index in [1.54, 1.807) is 0 Å². The Hall–Kier alpha value is -4.11. The van der Waals surface area contributed by atoms with Gasteiger partial charge in [0.1, 0.15) is 12.0 Å². The van der Waals surface area contributed by atoms with Gasteiger partial charge in [0.15, 0.2) is 0 Å². The van der Waals surface area contributed by atoms with E-state index >= 15 is 0 Å². The molecular formula is C29H21N3. The molecule has 1 N–H and O–H groups in total. The maximum Gasteiger partial charge on any atom is 0.144 e. The maximum atomic E-state index is 5.29. The highest BCUT2D eigenvalue weighted by atomic mass is 15.4. The van der Waals surface area contributed by atoms with Crippen molar-refractivity contribution in [2.24, 2.45) is 4.99 Å². The molecule has 0 fully saturated rings. The third kappa shape index (κ3) is 2.28. The smallest absolute Gasteiger partial charge is 0.144 e. The number of benzene rings is 5. The van der Waals surface area contributed by atoms with Gasteiger partial charge in [0.2, 0.25) is 0 Å². The summed E-state index contributed by atoms with van der Waals surface area (Å²) in [5.41, 5.74) is 7.04. The second-order valence-electron chi connectivity index (χ2n) is 8.52. The Labute approximate surface area is 186 Å². The molecule has 152 valence electrons. The number of nitrogens with zero attached hydrogens (tertiary/aromatic N) is 2. The van der Waals surface area contributed by atoms with Crippen molar-refractivity contribution in [1.29, 1.82) is 0 Å². The van der Waals surface area contributed by atoms with Crippen molar-refractivity contribution in [3.8, 4) is 0 Å². The van der Waals surface area contributed by atoms with Crippen molar-refractivity contribution in [3.63, 3.8) is 0 Å². The molecule has 5 aromatic rings. The molecule has 0 bridgehead atoms. The molecule has 32 heavy (non-hydrogen) atoms. The van der Waals surface area contributed by atoms with Crippen LogP contribution in [0.3, 0.4) is 0 Å². The lowest BCUT2D eigenvalue weighted by Gasteiger charge is -2.34. The summed E-state index contributed by atoms with van der Waals surface area (Å²) in [6, 6.07) is 34.4. The zero-order valence-corrected chi connectivity index (χ0v) is 17.7. The molecule has 3 heteroatoms. The van der Waals surface area contributed by atoms with E-state index in [9.17, 15) is 0 Å². The fourth-order valence-electron chi connectivity index (χ4n) is 5.36. The average molecular weight is 412 g/mol. The van der Waals surface area contributed by atoms with E-state index in [1.165, 1.54) is 43.9 Å². The van der Waals surface area contributed by atoms with Crippen molar-refractivity contribution in [2.45, 2.75) is 13.1 Å². The highest BCUT2D eigenvalue weighted by Gasteiger charge is 2.38. The molecule has 0 amide bonds. The predicted molar refractivity (Wildman–Crippen MR) is 134 cm³/mol. The second kappa shape index (κ2) is 6.44. The van der Waals surface area contributed by atoms with Crippen LogP contribution in [-0.2, 0) is 0 Å². The number of fused-ring (bicyclic) bond motifs is 7. The summed E-state index contributed by atoms with van der Waals surface area (Å²) in [5, 5.41) is 8.78. The highest BCUT2D eigenvalue weighted by Crippen LogP contribution is 2.48. The zero-order chi connectivity index (χ0) is 21.2. The predicted octanol–water partition coefficient (Wildman–Crippen LogP) is 7.32. The quantitative estimate of drug-likeness (QED) is 0.293. The van der Waals surface area contributed by atoms with Crippen LogP contribution in [0, 0.1) is 6.92 Å². The third-order valence-electron chi connectivity index (χ3n) is 6.82. The third-order valence-corrected chi connectivity index (χ3v) is 6.82. The number of amidine groups is 1. The Bertz CT molecular complexity index is 1520. The fraction of sp³-hybridized carbons (Fsp3) is 0.0690. The van der Waals surface area contributed by atoms with Gasteiger partial charge in [-0.3, -0.25) is 4.90 Å². The van der Waals surface area contributed by atoms with E-state index in [-0.39, 0.29) is 6.17 Å².